The lowest BCUT2D eigenvalue weighted by Crippen LogP contribution is -2.44. The van der Waals surface area contributed by atoms with Gasteiger partial charge >= 0.3 is 18.4 Å². The van der Waals surface area contributed by atoms with Crippen LogP contribution in [0.2, 0.25) is 0 Å². The van der Waals surface area contributed by atoms with Gasteiger partial charge in [-0.05, 0) is 74.2 Å². The number of rotatable bonds is 7. The molecule has 0 spiro atoms. The second-order valence-electron chi connectivity index (χ2n) is 10.9. The summed E-state index contributed by atoms with van der Waals surface area (Å²) in [5, 5.41) is 20.0. The fourth-order valence-electron chi connectivity index (χ4n) is 4.61. The van der Waals surface area contributed by atoms with E-state index >= 15 is 0 Å². The van der Waals surface area contributed by atoms with Crippen LogP contribution in [0.15, 0.2) is 45.9 Å². The van der Waals surface area contributed by atoms with Gasteiger partial charge < -0.3 is 19.2 Å². The summed E-state index contributed by atoms with van der Waals surface area (Å²) in [5.41, 5.74) is -8.36. The molecular formula is C27H27BrF6N6O4. The first kappa shape index (κ1) is 33.2. The molecule has 2 N–H and O–H groups in total. The Morgan fingerprint density at radius 3 is 2.50 bits per heavy atom. The Morgan fingerprint density at radius 1 is 1.20 bits per heavy atom. The molecule has 1 aliphatic rings. The van der Waals surface area contributed by atoms with Gasteiger partial charge in [0.1, 0.15) is 21.6 Å². The standard InChI is InChI=1S/C27H27BrF6N6O4/c1-5-8-14-9-7-12-40(14)20-15(26(29,30)31)13-16(35-23(41)44-24(2,3)4)19(37-20)21-38-39-22(43-21)25(42,27(32,33)34)17-10-6-11-18(28)36-17/h5-6,10-11,13-14,42H,1,7-9,12H2,2-4H3,(H,35,41)/t14-,25?/m1/s1. The van der Waals surface area contributed by atoms with Crippen LogP contribution in [0.5, 0.6) is 0 Å². The van der Waals surface area contributed by atoms with Crippen LogP contribution in [-0.4, -0.2) is 55.7 Å². The number of ether oxygens (including phenoxy) is 1. The number of alkyl halides is 6. The molecule has 0 saturated carbocycles. The summed E-state index contributed by atoms with van der Waals surface area (Å²) in [6, 6.07) is 3.54. The minimum absolute atomic E-state index is 0.0463. The number of hydrogen-bond donors (Lipinski definition) is 2. The van der Waals surface area contributed by atoms with Gasteiger partial charge in [0.2, 0.25) is 0 Å². The van der Waals surface area contributed by atoms with Gasteiger partial charge in [0.15, 0.2) is 5.69 Å². The van der Waals surface area contributed by atoms with Crippen molar-refractivity contribution >= 4 is 33.5 Å². The Balaban J connectivity index is 1.94. The van der Waals surface area contributed by atoms with Crippen molar-refractivity contribution in [2.75, 3.05) is 16.8 Å². The molecule has 4 heterocycles. The lowest BCUT2D eigenvalue weighted by atomic mass is 9.98. The van der Waals surface area contributed by atoms with Crippen LogP contribution < -0.4 is 10.2 Å². The summed E-state index contributed by atoms with van der Waals surface area (Å²) in [6.45, 7) is 8.38. The Bertz CT molecular complexity index is 1540. The molecule has 1 unspecified atom stereocenters. The minimum Gasteiger partial charge on any atom is -0.444 e. The van der Waals surface area contributed by atoms with E-state index in [9.17, 15) is 36.2 Å². The monoisotopic (exact) mass is 692 g/mol. The van der Waals surface area contributed by atoms with Crippen molar-refractivity contribution in [2.24, 2.45) is 0 Å². The molecule has 17 heteroatoms. The molecule has 1 fully saturated rings. The van der Waals surface area contributed by atoms with E-state index in [2.05, 4.69) is 48.0 Å². The molecule has 1 aliphatic heterocycles. The molecule has 4 rings (SSSR count). The van der Waals surface area contributed by atoms with Crippen molar-refractivity contribution in [1.82, 2.24) is 20.2 Å². The van der Waals surface area contributed by atoms with Gasteiger partial charge in [0.05, 0.1) is 11.4 Å². The topological polar surface area (TPSA) is 127 Å². The molecule has 3 aromatic heterocycles. The van der Waals surface area contributed by atoms with E-state index in [-0.39, 0.29) is 11.1 Å². The average molecular weight is 693 g/mol. The highest BCUT2D eigenvalue weighted by Gasteiger charge is 2.61. The number of pyridine rings is 2. The lowest BCUT2D eigenvalue weighted by Gasteiger charge is -2.29. The van der Waals surface area contributed by atoms with Crippen molar-refractivity contribution in [1.29, 1.82) is 0 Å². The summed E-state index contributed by atoms with van der Waals surface area (Å²) < 4.78 is 96.6. The SMILES string of the molecule is C=CC[C@@H]1CCCN1c1nc(-c2nnc(C(O)(c3cccc(Br)n3)C(F)(F)F)o2)c(NC(=O)OC(C)(C)C)cc1C(F)(F)F. The third kappa shape index (κ3) is 6.82. The number of carbonyl (C=O) groups excluding carboxylic acids is 1. The quantitative estimate of drug-likeness (QED) is 0.153. The number of halogens is 7. The van der Waals surface area contributed by atoms with Gasteiger partial charge in [-0.15, -0.1) is 16.8 Å². The third-order valence-electron chi connectivity index (χ3n) is 6.46. The summed E-state index contributed by atoms with van der Waals surface area (Å²) in [7, 11) is 0. The summed E-state index contributed by atoms with van der Waals surface area (Å²) in [5.74, 6) is -2.77. The first-order chi connectivity index (χ1) is 20.3. The molecular weight excluding hydrogens is 666 g/mol. The van der Waals surface area contributed by atoms with E-state index in [4.69, 9.17) is 9.15 Å². The predicted molar refractivity (Wildman–Crippen MR) is 149 cm³/mol. The molecule has 238 valence electrons. The lowest BCUT2D eigenvalue weighted by molar-refractivity contribution is -0.257. The van der Waals surface area contributed by atoms with E-state index in [1.807, 2.05) is 0 Å². The molecule has 2 atom stereocenters. The molecule has 0 bridgehead atoms. The van der Waals surface area contributed by atoms with Crippen LogP contribution in [-0.2, 0) is 16.5 Å². The zero-order chi connectivity index (χ0) is 32.7. The Morgan fingerprint density at radius 2 is 1.91 bits per heavy atom. The molecule has 3 aromatic rings. The van der Waals surface area contributed by atoms with Gasteiger partial charge in [-0.25, -0.2) is 14.8 Å². The maximum absolute atomic E-state index is 14.4. The molecule has 1 saturated heterocycles. The second kappa shape index (κ2) is 12.0. The predicted octanol–water partition coefficient (Wildman–Crippen LogP) is 7.00. The molecule has 10 nitrogen and oxygen atoms in total. The van der Waals surface area contributed by atoms with Crippen LogP contribution in [0.4, 0.5) is 42.6 Å². The number of amides is 1. The van der Waals surface area contributed by atoms with E-state index in [0.717, 1.165) is 6.07 Å². The fraction of sp³-hybridized carbons (Fsp3) is 0.444. The molecule has 44 heavy (non-hydrogen) atoms. The number of nitrogens with one attached hydrogen (secondary N) is 1. The van der Waals surface area contributed by atoms with Crippen LogP contribution in [0.3, 0.4) is 0 Å². The van der Waals surface area contributed by atoms with E-state index in [1.54, 1.807) is 6.08 Å². The fourth-order valence-corrected chi connectivity index (χ4v) is 4.95. The Labute approximate surface area is 255 Å². The average Bonchev–Trinajstić information content (AvgIpc) is 3.56. The van der Waals surface area contributed by atoms with E-state index in [1.165, 1.54) is 37.8 Å². The minimum atomic E-state index is -5.44. The van der Waals surface area contributed by atoms with Crippen molar-refractivity contribution in [3.8, 4) is 11.6 Å². The highest BCUT2D eigenvalue weighted by molar-refractivity contribution is 9.10. The smallest absolute Gasteiger partial charge is 0.432 e. The molecule has 1 amide bonds. The highest BCUT2D eigenvalue weighted by atomic mass is 79.9. The van der Waals surface area contributed by atoms with Gasteiger partial charge in [-0.3, -0.25) is 5.32 Å². The van der Waals surface area contributed by atoms with Crippen LogP contribution in [0.25, 0.3) is 11.6 Å². The normalized spacial score (nSPS) is 17.3. The zero-order valence-corrected chi connectivity index (χ0v) is 25.1. The van der Waals surface area contributed by atoms with Crippen LogP contribution in [0.1, 0.15) is 57.2 Å². The number of nitrogens with zero attached hydrogens (tertiary/aromatic N) is 5. The van der Waals surface area contributed by atoms with Crippen LogP contribution in [0, 0.1) is 0 Å². The Hall–Kier alpha value is -3.73. The van der Waals surface area contributed by atoms with Crippen LogP contribution >= 0.6 is 15.9 Å². The third-order valence-corrected chi connectivity index (χ3v) is 6.91. The molecule has 0 aromatic carbocycles. The summed E-state index contributed by atoms with van der Waals surface area (Å²) in [4.78, 5) is 21.9. The van der Waals surface area contributed by atoms with Gasteiger partial charge in [-0.2, -0.15) is 26.3 Å². The van der Waals surface area contributed by atoms with E-state index in [0.29, 0.717) is 25.3 Å². The van der Waals surface area contributed by atoms with Crippen molar-refractivity contribution < 1.29 is 45.4 Å². The second-order valence-corrected chi connectivity index (χ2v) is 11.7. The molecule has 0 radical (unpaired) electrons. The van der Waals surface area contributed by atoms with Gasteiger partial charge in [0.25, 0.3) is 17.4 Å². The largest absolute Gasteiger partial charge is 0.444 e. The number of aromatic nitrogens is 4. The van der Waals surface area contributed by atoms with E-state index < -0.39 is 75.9 Å². The maximum Gasteiger partial charge on any atom is 0.432 e. The van der Waals surface area contributed by atoms with Gasteiger partial charge in [-0.1, -0.05) is 12.1 Å². The van der Waals surface area contributed by atoms with Crippen molar-refractivity contribution in [3.63, 3.8) is 0 Å². The number of hydrogen-bond acceptors (Lipinski definition) is 9. The van der Waals surface area contributed by atoms with Gasteiger partial charge in [0, 0.05) is 12.6 Å². The van der Waals surface area contributed by atoms with Crippen molar-refractivity contribution in [2.45, 2.75) is 69.6 Å². The summed E-state index contributed by atoms with van der Waals surface area (Å²) >= 11 is 2.95. The number of carbonyl (C=O) groups is 1. The Kier molecular flexibility index (Phi) is 9.04. The number of aliphatic hydroxyl groups is 1. The summed E-state index contributed by atoms with van der Waals surface area (Å²) in [6.07, 6.45) is -8.64. The highest BCUT2D eigenvalue weighted by Crippen LogP contribution is 2.46. The zero-order valence-electron chi connectivity index (χ0n) is 23.6. The molecule has 0 aliphatic carbocycles. The first-order valence-corrected chi connectivity index (χ1v) is 13.9. The van der Waals surface area contributed by atoms with Crippen molar-refractivity contribution in [3.05, 3.63) is 58.7 Å². The maximum atomic E-state index is 14.4. The first-order valence-electron chi connectivity index (χ1n) is 13.1. The number of anilines is 2.